The van der Waals surface area contributed by atoms with Crippen molar-refractivity contribution in [3.63, 3.8) is 0 Å². The molecule has 2 bridgehead atoms. The first-order valence-electron chi connectivity index (χ1n) is 8.54. The van der Waals surface area contributed by atoms with E-state index in [-0.39, 0.29) is 11.8 Å². The lowest BCUT2D eigenvalue weighted by atomic mass is 9.92. The number of amides is 2. The number of carbonyl (C=O) groups is 2. The van der Waals surface area contributed by atoms with Crippen molar-refractivity contribution >= 4 is 11.8 Å². The van der Waals surface area contributed by atoms with Gasteiger partial charge in [0, 0.05) is 37.7 Å². The van der Waals surface area contributed by atoms with Crippen LogP contribution in [0.3, 0.4) is 0 Å². The lowest BCUT2D eigenvalue weighted by Crippen LogP contribution is -2.52. The van der Waals surface area contributed by atoms with Crippen LogP contribution in [0.15, 0.2) is 42.5 Å². The summed E-state index contributed by atoms with van der Waals surface area (Å²) in [7, 11) is 0. The highest BCUT2D eigenvalue weighted by molar-refractivity contribution is 5.94. The number of hydrogen-bond acceptors (Lipinski definition) is 2. The summed E-state index contributed by atoms with van der Waals surface area (Å²) in [4.78, 5) is 29.0. The Morgan fingerprint density at radius 2 is 1.57 bits per heavy atom. The molecule has 2 fully saturated rings. The monoisotopic (exact) mass is 310 g/mol. The summed E-state index contributed by atoms with van der Waals surface area (Å²) in [5.74, 6) is 1.63. The Kier molecular flexibility index (Phi) is 3.68. The number of nitrogens with zero attached hydrogens (tertiary/aromatic N) is 2. The fourth-order valence-electron chi connectivity index (χ4n) is 4.19. The second-order valence-corrected chi connectivity index (χ2v) is 6.87. The van der Waals surface area contributed by atoms with E-state index in [0.29, 0.717) is 43.9 Å². The van der Waals surface area contributed by atoms with E-state index in [1.54, 1.807) is 0 Å². The summed E-state index contributed by atoms with van der Waals surface area (Å²) in [6.45, 7) is 2.59. The number of piperazine rings is 1. The minimum atomic E-state index is 0.0700. The SMILES string of the molecule is O=C(c1ccccc1)N1CCN(C(=O)[C@H]2C[C@@H]3C=C[C@H]2C3)CC1. The maximum Gasteiger partial charge on any atom is 0.253 e. The highest BCUT2D eigenvalue weighted by Gasteiger charge is 2.42. The van der Waals surface area contributed by atoms with Gasteiger partial charge in [-0.15, -0.1) is 0 Å². The second kappa shape index (κ2) is 5.84. The molecule has 0 spiro atoms. The fourth-order valence-corrected chi connectivity index (χ4v) is 4.19. The number of benzene rings is 1. The molecule has 1 aliphatic heterocycles. The molecule has 0 unspecified atom stereocenters. The summed E-state index contributed by atoms with van der Waals surface area (Å²) in [5.41, 5.74) is 0.727. The van der Waals surface area contributed by atoms with Gasteiger partial charge in [-0.1, -0.05) is 30.4 Å². The van der Waals surface area contributed by atoms with Crippen LogP contribution >= 0.6 is 0 Å². The molecule has 4 rings (SSSR count). The first-order chi connectivity index (χ1) is 11.2. The van der Waals surface area contributed by atoms with Gasteiger partial charge in [-0.2, -0.15) is 0 Å². The molecule has 3 aliphatic rings. The van der Waals surface area contributed by atoms with Gasteiger partial charge >= 0.3 is 0 Å². The van der Waals surface area contributed by atoms with Crippen molar-refractivity contribution in [3.05, 3.63) is 48.0 Å². The van der Waals surface area contributed by atoms with E-state index >= 15 is 0 Å². The summed E-state index contributed by atoms with van der Waals surface area (Å²) in [6, 6.07) is 9.38. The maximum atomic E-state index is 12.7. The van der Waals surface area contributed by atoms with Crippen molar-refractivity contribution in [2.75, 3.05) is 26.2 Å². The number of rotatable bonds is 2. The molecule has 1 saturated carbocycles. The van der Waals surface area contributed by atoms with Gasteiger partial charge in [0.05, 0.1) is 0 Å². The van der Waals surface area contributed by atoms with E-state index in [0.717, 1.165) is 18.4 Å². The average molecular weight is 310 g/mol. The van der Waals surface area contributed by atoms with Crippen molar-refractivity contribution in [3.8, 4) is 0 Å². The van der Waals surface area contributed by atoms with Gasteiger partial charge in [-0.05, 0) is 36.8 Å². The van der Waals surface area contributed by atoms with Gasteiger partial charge in [-0.25, -0.2) is 0 Å². The van der Waals surface area contributed by atoms with Crippen LogP contribution in [0.2, 0.25) is 0 Å². The third-order valence-corrected chi connectivity index (χ3v) is 5.50. The highest BCUT2D eigenvalue weighted by Crippen LogP contribution is 2.44. The van der Waals surface area contributed by atoms with E-state index in [1.807, 2.05) is 40.1 Å². The Morgan fingerprint density at radius 3 is 2.17 bits per heavy atom. The maximum absolute atomic E-state index is 12.7. The van der Waals surface area contributed by atoms with Crippen molar-refractivity contribution in [1.29, 1.82) is 0 Å². The standard InChI is InChI=1S/C19H22N2O2/c22-18(15-4-2-1-3-5-15)20-8-10-21(11-9-20)19(23)17-13-14-6-7-16(17)12-14/h1-7,14,16-17H,8-13H2/t14-,16+,17+/m1/s1. The zero-order valence-corrected chi connectivity index (χ0v) is 13.2. The molecule has 4 nitrogen and oxygen atoms in total. The molecular weight excluding hydrogens is 288 g/mol. The number of fused-ring (bicyclic) bond motifs is 2. The predicted octanol–water partition coefficient (Wildman–Crippen LogP) is 2.18. The molecule has 120 valence electrons. The molecule has 1 heterocycles. The Morgan fingerprint density at radius 1 is 0.870 bits per heavy atom. The largest absolute Gasteiger partial charge is 0.339 e. The van der Waals surface area contributed by atoms with Crippen LogP contribution in [0.25, 0.3) is 0 Å². The van der Waals surface area contributed by atoms with Crippen molar-refractivity contribution in [2.24, 2.45) is 17.8 Å². The second-order valence-electron chi connectivity index (χ2n) is 6.87. The first-order valence-corrected chi connectivity index (χ1v) is 8.54. The molecule has 0 aromatic heterocycles. The summed E-state index contributed by atoms with van der Waals surface area (Å²) < 4.78 is 0. The Labute approximate surface area is 136 Å². The van der Waals surface area contributed by atoms with E-state index in [1.165, 1.54) is 0 Å². The van der Waals surface area contributed by atoms with Crippen LogP contribution in [0.1, 0.15) is 23.2 Å². The number of allylic oxidation sites excluding steroid dienone is 2. The molecule has 4 heteroatoms. The van der Waals surface area contributed by atoms with Gasteiger partial charge in [0.2, 0.25) is 5.91 Å². The molecule has 3 atom stereocenters. The molecule has 1 aromatic carbocycles. The molecule has 0 radical (unpaired) electrons. The van der Waals surface area contributed by atoms with Crippen LogP contribution < -0.4 is 0 Å². The number of carbonyl (C=O) groups excluding carboxylic acids is 2. The average Bonchev–Trinajstić information content (AvgIpc) is 3.25. The lowest BCUT2D eigenvalue weighted by molar-refractivity contribution is -0.137. The molecular formula is C19H22N2O2. The summed E-state index contributed by atoms with van der Waals surface area (Å²) in [5, 5.41) is 0. The molecule has 2 aliphatic carbocycles. The van der Waals surface area contributed by atoms with E-state index in [2.05, 4.69) is 12.2 Å². The van der Waals surface area contributed by atoms with Gasteiger partial charge in [0.15, 0.2) is 0 Å². The third kappa shape index (κ3) is 2.67. The van der Waals surface area contributed by atoms with Crippen LogP contribution in [-0.4, -0.2) is 47.8 Å². The van der Waals surface area contributed by atoms with Crippen LogP contribution in [-0.2, 0) is 4.79 Å². The summed E-state index contributed by atoms with van der Waals surface area (Å²) in [6.07, 6.45) is 6.67. The number of hydrogen-bond donors (Lipinski definition) is 0. The zero-order valence-electron chi connectivity index (χ0n) is 13.2. The molecule has 2 amide bonds. The van der Waals surface area contributed by atoms with Crippen LogP contribution in [0.5, 0.6) is 0 Å². The molecule has 1 aromatic rings. The quantitative estimate of drug-likeness (QED) is 0.786. The predicted molar refractivity (Wildman–Crippen MR) is 87.8 cm³/mol. The minimum absolute atomic E-state index is 0.0700. The molecule has 1 saturated heterocycles. The Bertz CT molecular complexity index is 632. The van der Waals surface area contributed by atoms with Crippen LogP contribution in [0.4, 0.5) is 0 Å². The topological polar surface area (TPSA) is 40.6 Å². The fraction of sp³-hybridized carbons (Fsp3) is 0.474. The normalized spacial score (nSPS) is 29.1. The van der Waals surface area contributed by atoms with Gasteiger partial charge in [0.25, 0.3) is 5.91 Å². The van der Waals surface area contributed by atoms with Crippen molar-refractivity contribution in [1.82, 2.24) is 9.80 Å². The van der Waals surface area contributed by atoms with Gasteiger partial charge < -0.3 is 9.80 Å². The lowest BCUT2D eigenvalue weighted by Gasteiger charge is -2.36. The molecule has 23 heavy (non-hydrogen) atoms. The van der Waals surface area contributed by atoms with Crippen LogP contribution in [0, 0.1) is 17.8 Å². The van der Waals surface area contributed by atoms with E-state index in [9.17, 15) is 9.59 Å². The third-order valence-electron chi connectivity index (χ3n) is 5.50. The first kappa shape index (κ1) is 14.5. The Hall–Kier alpha value is -2.10. The van der Waals surface area contributed by atoms with Gasteiger partial charge in [0.1, 0.15) is 0 Å². The Balaban J connectivity index is 1.35. The smallest absolute Gasteiger partial charge is 0.253 e. The van der Waals surface area contributed by atoms with Gasteiger partial charge in [-0.3, -0.25) is 9.59 Å². The zero-order chi connectivity index (χ0) is 15.8. The van der Waals surface area contributed by atoms with Crippen molar-refractivity contribution in [2.45, 2.75) is 12.8 Å². The minimum Gasteiger partial charge on any atom is -0.339 e. The van der Waals surface area contributed by atoms with Crippen molar-refractivity contribution < 1.29 is 9.59 Å². The van der Waals surface area contributed by atoms with E-state index < -0.39 is 0 Å². The highest BCUT2D eigenvalue weighted by atomic mass is 16.2. The van der Waals surface area contributed by atoms with E-state index in [4.69, 9.17) is 0 Å². The summed E-state index contributed by atoms with van der Waals surface area (Å²) >= 11 is 0. The molecule has 0 N–H and O–H groups in total.